The number of nitro benzene ring substituents is 1. The Morgan fingerprint density at radius 2 is 1.84 bits per heavy atom. The molecule has 132 valence electrons. The molecule has 3 rings (SSSR count). The number of nitrogens with zero attached hydrogens (tertiary/aromatic N) is 1. The highest BCUT2D eigenvalue weighted by molar-refractivity contribution is 6.11. The van der Waals surface area contributed by atoms with E-state index < -0.39 is 27.6 Å². The lowest BCUT2D eigenvalue weighted by molar-refractivity contribution is -0.384. The second kappa shape index (κ2) is 5.65. The number of amides is 2. The summed E-state index contributed by atoms with van der Waals surface area (Å²) < 4.78 is 0. The summed E-state index contributed by atoms with van der Waals surface area (Å²) in [6, 6.07) is 5.01. The zero-order valence-corrected chi connectivity index (χ0v) is 14.0. The Morgan fingerprint density at radius 1 is 1.20 bits per heavy atom. The Labute approximate surface area is 144 Å². The van der Waals surface area contributed by atoms with Crippen LogP contribution in [0.2, 0.25) is 0 Å². The molecule has 2 fully saturated rings. The quantitative estimate of drug-likeness (QED) is 0.491. The first kappa shape index (κ1) is 17.1. The smallest absolute Gasteiger partial charge is 0.269 e. The minimum atomic E-state index is -1.06. The molecule has 2 bridgehead atoms. The Bertz CT molecular complexity index is 771. The largest absolute Gasteiger partial charge is 0.298 e. The lowest BCUT2D eigenvalue weighted by Crippen LogP contribution is -2.52. The highest BCUT2D eigenvalue weighted by Crippen LogP contribution is 2.60. The summed E-state index contributed by atoms with van der Waals surface area (Å²) in [6.45, 7) is 3.73. The summed E-state index contributed by atoms with van der Waals surface area (Å²) in [5, 5.41) is 10.6. The monoisotopic (exact) mass is 345 g/mol. The maximum absolute atomic E-state index is 12.6. The van der Waals surface area contributed by atoms with Crippen molar-refractivity contribution in [2.45, 2.75) is 33.1 Å². The number of hydrazine groups is 1. The van der Waals surface area contributed by atoms with Crippen LogP contribution in [0.1, 0.15) is 43.5 Å². The summed E-state index contributed by atoms with van der Waals surface area (Å²) in [4.78, 5) is 47.3. The fraction of sp³-hybridized carbons (Fsp3) is 0.471. The van der Waals surface area contributed by atoms with Crippen LogP contribution < -0.4 is 10.9 Å². The number of hydrogen-bond donors (Lipinski definition) is 2. The molecule has 2 saturated carbocycles. The first-order chi connectivity index (χ1) is 11.7. The van der Waals surface area contributed by atoms with Gasteiger partial charge in [-0.05, 0) is 37.3 Å². The number of rotatable bonds is 3. The molecule has 2 amide bonds. The van der Waals surface area contributed by atoms with Gasteiger partial charge in [-0.25, -0.2) is 0 Å². The predicted octanol–water partition coefficient (Wildman–Crippen LogP) is 1.75. The van der Waals surface area contributed by atoms with Crippen molar-refractivity contribution < 1.29 is 19.3 Å². The number of benzene rings is 1. The molecule has 2 aliphatic rings. The summed E-state index contributed by atoms with van der Waals surface area (Å²) in [7, 11) is 0. The van der Waals surface area contributed by atoms with E-state index in [2.05, 4.69) is 10.9 Å². The van der Waals surface area contributed by atoms with E-state index in [1.165, 1.54) is 24.3 Å². The second-order valence-corrected chi connectivity index (χ2v) is 7.28. The van der Waals surface area contributed by atoms with E-state index in [1.54, 1.807) is 0 Å². The molecule has 0 aromatic heterocycles. The number of fused-ring (bicyclic) bond motifs is 2. The van der Waals surface area contributed by atoms with E-state index in [-0.39, 0.29) is 23.0 Å². The molecule has 2 atom stereocenters. The van der Waals surface area contributed by atoms with Gasteiger partial charge in [0.05, 0.1) is 4.92 Å². The van der Waals surface area contributed by atoms with Crippen LogP contribution in [0.25, 0.3) is 0 Å². The van der Waals surface area contributed by atoms with Gasteiger partial charge in [-0.3, -0.25) is 35.3 Å². The number of Topliss-reactive ketones (excluding diaryl/α,β-unsaturated/α-hetero) is 1. The highest BCUT2D eigenvalue weighted by atomic mass is 16.6. The summed E-state index contributed by atoms with van der Waals surface area (Å²) in [5.41, 5.74) is 3.11. The lowest BCUT2D eigenvalue weighted by Gasteiger charge is -2.32. The number of carbonyl (C=O) groups excluding carboxylic acids is 3. The summed E-state index contributed by atoms with van der Waals surface area (Å²) in [6.07, 6.45) is 1.83. The van der Waals surface area contributed by atoms with E-state index in [0.29, 0.717) is 12.8 Å². The van der Waals surface area contributed by atoms with E-state index in [4.69, 9.17) is 0 Å². The molecule has 2 aliphatic carbocycles. The van der Waals surface area contributed by atoms with Gasteiger partial charge in [0, 0.05) is 23.1 Å². The van der Waals surface area contributed by atoms with Gasteiger partial charge >= 0.3 is 0 Å². The minimum absolute atomic E-state index is 0.0710. The van der Waals surface area contributed by atoms with Crippen LogP contribution in [0.15, 0.2) is 24.3 Å². The number of nitro groups is 1. The van der Waals surface area contributed by atoms with Crippen LogP contribution in [-0.2, 0) is 9.59 Å². The first-order valence-corrected chi connectivity index (χ1v) is 8.08. The zero-order valence-electron chi connectivity index (χ0n) is 14.0. The maximum atomic E-state index is 12.6. The molecule has 2 unspecified atom stereocenters. The van der Waals surface area contributed by atoms with Crippen LogP contribution in [0.5, 0.6) is 0 Å². The lowest BCUT2D eigenvalue weighted by atomic mass is 9.70. The van der Waals surface area contributed by atoms with Crippen molar-refractivity contribution >= 4 is 23.3 Å². The number of hydrogen-bond acceptors (Lipinski definition) is 5. The molecule has 1 aromatic rings. The normalized spacial score (nSPS) is 26.3. The Hall–Kier alpha value is -2.77. The Balaban J connectivity index is 1.66. The van der Waals surface area contributed by atoms with Gasteiger partial charge in [-0.1, -0.05) is 13.8 Å². The van der Waals surface area contributed by atoms with Gasteiger partial charge in [-0.2, -0.15) is 0 Å². The molecule has 0 spiro atoms. The summed E-state index contributed by atoms with van der Waals surface area (Å²) >= 11 is 0. The zero-order chi connectivity index (χ0) is 18.4. The highest BCUT2D eigenvalue weighted by Gasteiger charge is 2.65. The molecule has 0 radical (unpaired) electrons. The number of non-ortho nitro benzene ring substituents is 1. The molecule has 8 heteroatoms. The fourth-order valence-corrected chi connectivity index (χ4v) is 4.02. The molecule has 25 heavy (non-hydrogen) atoms. The van der Waals surface area contributed by atoms with Gasteiger partial charge in [0.1, 0.15) is 5.41 Å². The predicted molar refractivity (Wildman–Crippen MR) is 87.3 cm³/mol. The topological polar surface area (TPSA) is 118 Å². The molecule has 0 aliphatic heterocycles. The molecule has 8 nitrogen and oxygen atoms in total. The van der Waals surface area contributed by atoms with E-state index in [9.17, 15) is 24.5 Å². The van der Waals surface area contributed by atoms with Crippen molar-refractivity contribution in [3.05, 3.63) is 39.9 Å². The van der Waals surface area contributed by atoms with E-state index in [1.807, 2.05) is 13.8 Å². The van der Waals surface area contributed by atoms with Crippen LogP contribution >= 0.6 is 0 Å². The van der Waals surface area contributed by atoms with E-state index >= 15 is 0 Å². The van der Waals surface area contributed by atoms with Gasteiger partial charge in [0.25, 0.3) is 17.5 Å². The first-order valence-electron chi connectivity index (χ1n) is 8.08. The van der Waals surface area contributed by atoms with Crippen LogP contribution in [0, 0.1) is 26.9 Å². The number of ketones is 1. The Morgan fingerprint density at radius 3 is 2.36 bits per heavy atom. The molecule has 1 aromatic carbocycles. The maximum Gasteiger partial charge on any atom is 0.269 e. The SMILES string of the molecule is CC1(C)C(=O)C2(C(=O)NNC(=O)c3ccc([N+](=O)[O-])cc3)CCC1C2. The van der Waals surface area contributed by atoms with Gasteiger partial charge in [-0.15, -0.1) is 0 Å². The number of nitrogens with one attached hydrogen (secondary N) is 2. The van der Waals surface area contributed by atoms with Crippen molar-refractivity contribution in [2.75, 3.05) is 0 Å². The molecule has 0 heterocycles. The molecule has 2 N–H and O–H groups in total. The standard InChI is InChI=1S/C17H19N3O5/c1-16(2)11-7-8-17(9-11,14(16)22)15(23)19-18-13(21)10-3-5-12(6-4-10)20(24)25/h3-6,11H,7-9H2,1-2H3,(H,18,21)(H,19,23). The van der Waals surface area contributed by atoms with Crippen molar-refractivity contribution in [3.63, 3.8) is 0 Å². The van der Waals surface area contributed by atoms with Crippen molar-refractivity contribution in [1.82, 2.24) is 10.9 Å². The third kappa shape index (κ3) is 2.57. The average Bonchev–Trinajstić information content (AvgIpc) is 3.12. The van der Waals surface area contributed by atoms with Crippen molar-refractivity contribution in [1.29, 1.82) is 0 Å². The van der Waals surface area contributed by atoms with Crippen LogP contribution in [0.3, 0.4) is 0 Å². The third-order valence-corrected chi connectivity index (χ3v) is 5.62. The molecule has 0 saturated heterocycles. The van der Waals surface area contributed by atoms with Gasteiger partial charge in [0.2, 0.25) is 0 Å². The molecular weight excluding hydrogens is 326 g/mol. The van der Waals surface area contributed by atoms with Gasteiger partial charge < -0.3 is 0 Å². The minimum Gasteiger partial charge on any atom is -0.298 e. The Kier molecular flexibility index (Phi) is 3.85. The average molecular weight is 345 g/mol. The van der Waals surface area contributed by atoms with Crippen molar-refractivity contribution in [2.24, 2.45) is 16.7 Å². The second-order valence-electron chi connectivity index (χ2n) is 7.28. The van der Waals surface area contributed by atoms with Crippen LogP contribution in [0.4, 0.5) is 5.69 Å². The van der Waals surface area contributed by atoms with Crippen LogP contribution in [-0.4, -0.2) is 22.5 Å². The number of carbonyl (C=O) groups is 3. The van der Waals surface area contributed by atoms with Crippen molar-refractivity contribution in [3.8, 4) is 0 Å². The summed E-state index contributed by atoms with van der Waals surface area (Å²) in [5.74, 6) is -0.964. The van der Waals surface area contributed by atoms with Gasteiger partial charge in [0.15, 0.2) is 5.78 Å². The fourth-order valence-electron chi connectivity index (χ4n) is 4.02. The molecular formula is C17H19N3O5. The van der Waals surface area contributed by atoms with E-state index in [0.717, 1.165) is 6.42 Å². The third-order valence-electron chi connectivity index (χ3n) is 5.62.